The topological polar surface area (TPSA) is 6.25 Å². The molecule has 3 rings (SSSR count). The second-order valence-corrected chi connectivity index (χ2v) is 6.62. The van der Waals surface area contributed by atoms with Crippen LogP contribution in [-0.4, -0.2) is 33.6 Å². The van der Waals surface area contributed by atoms with Gasteiger partial charge in [0.1, 0.15) is 0 Å². The quantitative estimate of drug-likeness (QED) is 0.485. The van der Waals surface area contributed by atoms with E-state index in [9.17, 15) is 0 Å². The third kappa shape index (κ3) is 2.53. The van der Waals surface area contributed by atoms with Gasteiger partial charge in [0.15, 0.2) is 12.1 Å². The van der Waals surface area contributed by atoms with Gasteiger partial charge >= 0.3 is 0 Å². The molecular weight excluding hydrogens is 308 g/mol. The minimum absolute atomic E-state index is 0.199. The van der Waals surface area contributed by atoms with Crippen LogP contribution in [0.2, 0.25) is 0 Å². The average Bonchev–Trinajstić information content (AvgIpc) is 2.80. The van der Waals surface area contributed by atoms with Gasteiger partial charge in [-0.1, -0.05) is 60.7 Å². The lowest BCUT2D eigenvalue weighted by Gasteiger charge is -2.22. The van der Waals surface area contributed by atoms with Crippen LogP contribution in [0.1, 0.15) is 23.2 Å². The van der Waals surface area contributed by atoms with Gasteiger partial charge in [0.2, 0.25) is 0 Å². The maximum Gasteiger partial charge on any atom is 0.260 e. The normalized spacial score (nSPS) is 21.3. The van der Waals surface area contributed by atoms with Crippen molar-refractivity contribution in [3.63, 3.8) is 0 Å². The predicted molar refractivity (Wildman–Crippen MR) is 97.3 cm³/mol. The molecule has 1 aliphatic rings. The molecule has 0 saturated carbocycles. The SMILES string of the molecule is CN1C(C(=S)[S-])=[N+](C)[C@@H](c2ccccc2)[C@@H]1c1ccccc1. The summed E-state index contributed by atoms with van der Waals surface area (Å²) in [5, 5.41) is 0. The van der Waals surface area contributed by atoms with Crippen LogP contribution in [0.25, 0.3) is 0 Å². The molecule has 2 aromatic carbocycles. The minimum atomic E-state index is 0.199. The highest BCUT2D eigenvalue weighted by Crippen LogP contribution is 2.40. The number of nitrogens with zero attached hydrogens (tertiary/aromatic N) is 2. The summed E-state index contributed by atoms with van der Waals surface area (Å²) in [5.41, 5.74) is 2.54. The second kappa shape index (κ2) is 6.15. The first-order chi connectivity index (χ1) is 10.6. The van der Waals surface area contributed by atoms with Gasteiger partial charge in [-0.05, 0) is 4.20 Å². The molecule has 0 aromatic heterocycles. The van der Waals surface area contributed by atoms with Gasteiger partial charge in [-0.3, -0.25) is 9.48 Å². The van der Waals surface area contributed by atoms with E-state index < -0.39 is 0 Å². The molecule has 22 heavy (non-hydrogen) atoms. The second-order valence-electron chi connectivity index (χ2n) is 5.54. The molecule has 1 aliphatic heterocycles. The lowest BCUT2D eigenvalue weighted by atomic mass is 9.93. The van der Waals surface area contributed by atoms with E-state index in [-0.39, 0.29) is 12.1 Å². The molecule has 0 saturated heterocycles. The summed E-state index contributed by atoms with van der Waals surface area (Å²) in [4.78, 5) is 2.21. The van der Waals surface area contributed by atoms with Crippen LogP contribution in [-0.2, 0) is 12.6 Å². The average molecular weight is 326 g/mol. The van der Waals surface area contributed by atoms with Crippen molar-refractivity contribution >= 4 is 34.9 Å². The molecule has 112 valence electrons. The Morgan fingerprint density at radius 1 is 1.00 bits per heavy atom. The van der Waals surface area contributed by atoms with Crippen molar-refractivity contribution in [2.45, 2.75) is 12.1 Å². The Balaban J connectivity index is 2.14. The predicted octanol–water partition coefficient (Wildman–Crippen LogP) is 3.33. The molecule has 0 amide bonds. The van der Waals surface area contributed by atoms with Crippen molar-refractivity contribution in [2.24, 2.45) is 0 Å². The van der Waals surface area contributed by atoms with Crippen LogP contribution in [0.4, 0.5) is 0 Å². The van der Waals surface area contributed by atoms with Crippen LogP contribution < -0.4 is 0 Å². The number of amidine groups is 1. The van der Waals surface area contributed by atoms with E-state index in [0.717, 1.165) is 5.84 Å². The van der Waals surface area contributed by atoms with Crippen molar-refractivity contribution < 1.29 is 4.58 Å². The fourth-order valence-corrected chi connectivity index (χ4v) is 3.91. The third-order valence-electron chi connectivity index (χ3n) is 4.27. The van der Waals surface area contributed by atoms with Crippen molar-refractivity contribution in [3.05, 3.63) is 71.8 Å². The molecule has 0 fully saturated rings. The number of hydrogen-bond acceptors (Lipinski definition) is 3. The third-order valence-corrected chi connectivity index (χ3v) is 4.63. The van der Waals surface area contributed by atoms with E-state index in [1.165, 1.54) is 11.1 Å². The summed E-state index contributed by atoms with van der Waals surface area (Å²) in [6, 6.07) is 21.5. The molecule has 0 N–H and O–H groups in total. The van der Waals surface area contributed by atoms with Gasteiger partial charge in [-0.15, -0.1) is 0 Å². The molecule has 0 unspecified atom stereocenters. The first-order valence-corrected chi connectivity index (χ1v) is 8.06. The van der Waals surface area contributed by atoms with Gasteiger partial charge in [-0.25, -0.2) is 0 Å². The Kier molecular flexibility index (Phi) is 4.23. The Morgan fingerprint density at radius 3 is 2.00 bits per heavy atom. The number of likely N-dealkylation sites (N-methyl/N-ethyl adjacent to an activating group) is 2. The van der Waals surface area contributed by atoms with Crippen LogP contribution in [0.15, 0.2) is 60.7 Å². The van der Waals surface area contributed by atoms with E-state index in [1.807, 2.05) is 12.1 Å². The number of rotatable bonds is 3. The molecule has 0 radical (unpaired) electrons. The highest BCUT2D eigenvalue weighted by Gasteiger charge is 2.45. The van der Waals surface area contributed by atoms with E-state index >= 15 is 0 Å². The van der Waals surface area contributed by atoms with E-state index in [1.54, 1.807) is 0 Å². The first kappa shape index (κ1) is 15.1. The van der Waals surface area contributed by atoms with Crippen LogP contribution in [0, 0.1) is 0 Å². The number of thiocarbonyl (C=S) groups is 1. The van der Waals surface area contributed by atoms with Crippen molar-refractivity contribution in [3.8, 4) is 0 Å². The molecule has 0 spiro atoms. The Hall–Kier alpha value is -1.78. The molecule has 0 aliphatic carbocycles. The first-order valence-electron chi connectivity index (χ1n) is 7.25. The van der Waals surface area contributed by atoms with Crippen LogP contribution >= 0.6 is 12.2 Å². The zero-order chi connectivity index (χ0) is 15.7. The van der Waals surface area contributed by atoms with E-state index in [2.05, 4.69) is 72.1 Å². The molecule has 4 heteroatoms. The van der Waals surface area contributed by atoms with Gasteiger partial charge in [0.25, 0.3) is 5.84 Å². The summed E-state index contributed by atoms with van der Waals surface area (Å²) in [6.07, 6.45) is 0. The van der Waals surface area contributed by atoms with Crippen molar-refractivity contribution in [1.29, 1.82) is 0 Å². The van der Waals surface area contributed by atoms with Gasteiger partial charge < -0.3 is 24.8 Å². The highest BCUT2D eigenvalue weighted by atomic mass is 32.1. The van der Waals surface area contributed by atoms with Gasteiger partial charge in [0, 0.05) is 11.1 Å². The molecule has 0 bridgehead atoms. The molecular formula is C18H18N2S2. The maximum atomic E-state index is 5.31. The molecule has 2 atom stereocenters. The monoisotopic (exact) mass is 326 g/mol. The zero-order valence-corrected chi connectivity index (χ0v) is 14.3. The lowest BCUT2D eigenvalue weighted by Crippen LogP contribution is -2.32. The van der Waals surface area contributed by atoms with E-state index in [0.29, 0.717) is 4.20 Å². The Morgan fingerprint density at radius 2 is 1.50 bits per heavy atom. The minimum Gasteiger partial charge on any atom is -0.421 e. The number of hydrogen-bond donors (Lipinski definition) is 0. The van der Waals surface area contributed by atoms with Gasteiger partial charge in [0.05, 0.1) is 14.1 Å². The van der Waals surface area contributed by atoms with E-state index in [4.69, 9.17) is 24.8 Å². The Bertz CT molecular complexity index is 710. The summed E-state index contributed by atoms with van der Waals surface area (Å²) >= 11 is 10.6. The maximum absolute atomic E-state index is 5.31. The zero-order valence-electron chi connectivity index (χ0n) is 12.6. The largest absolute Gasteiger partial charge is 0.421 e. The summed E-state index contributed by atoms with van der Waals surface area (Å²) in [5.74, 6) is 0.952. The fourth-order valence-electron chi connectivity index (χ4n) is 3.34. The van der Waals surface area contributed by atoms with Gasteiger partial charge in [-0.2, -0.15) is 0 Å². The molecule has 2 nitrogen and oxygen atoms in total. The van der Waals surface area contributed by atoms with Crippen molar-refractivity contribution in [1.82, 2.24) is 4.90 Å². The smallest absolute Gasteiger partial charge is 0.260 e. The summed E-state index contributed by atoms with van der Waals surface area (Å²) in [6.45, 7) is 0. The highest BCUT2D eigenvalue weighted by molar-refractivity contribution is 8.03. The summed E-state index contributed by atoms with van der Waals surface area (Å²) in [7, 11) is 4.15. The fraction of sp³-hybridized carbons (Fsp3) is 0.222. The van der Waals surface area contributed by atoms with Crippen molar-refractivity contribution in [2.75, 3.05) is 14.1 Å². The molecule has 1 heterocycles. The standard InChI is InChI=1S/C18H18N2S2/c1-19-15(13-9-5-3-6-10-13)16(14-11-7-4-8-12-14)20(2)17(19)18(21)22/h3-12,15-16H,1-2H3/t15-,16-/m0/s1. The lowest BCUT2D eigenvalue weighted by molar-refractivity contribution is -0.537. The number of benzene rings is 2. The Labute approximate surface area is 142 Å². The molecule has 2 aromatic rings. The van der Waals surface area contributed by atoms with Crippen LogP contribution in [0.5, 0.6) is 0 Å². The summed E-state index contributed by atoms with van der Waals surface area (Å²) < 4.78 is 2.73. The van der Waals surface area contributed by atoms with Crippen LogP contribution in [0.3, 0.4) is 0 Å².